The van der Waals surface area contributed by atoms with Gasteiger partial charge in [0.15, 0.2) is 0 Å². The van der Waals surface area contributed by atoms with Crippen LogP contribution in [0.25, 0.3) is 0 Å². The van der Waals surface area contributed by atoms with Crippen molar-refractivity contribution in [1.29, 1.82) is 0 Å². The first-order valence-electron chi connectivity index (χ1n) is 7.97. The monoisotopic (exact) mass is 297 g/mol. The highest BCUT2D eigenvalue weighted by atomic mass is 16.5. The molecule has 2 bridgehead atoms. The minimum atomic E-state index is -0.151. The normalized spacial score (nSPS) is 55.6. The predicted octanol–water partition coefficient (Wildman–Crippen LogP) is 0.0364. The lowest BCUT2D eigenvalue weighted by Gasteiger charge is -2.47. The lowest BCUT2D eigenvalue weighted by Crippen LogP contribution is -2.52. The molecule has 2 spiro atoms. The van der Waals surface area contributed by atoms with Crippen molar-refractivity contribution in [3.8, 4) is 0 Å². The molecule has 8 atom stereocenters. The lowest BCUT2D eigenvalue weighted by atomic mass is 9.69. The summed E-state index contributed by atoms with van der Waals surface area (Å²) in [4.78, 5) is 25.2. The van der Waals surface area contributed by atoms with Crippen LogP contribution in [0.4, 0.5) is 0 Å². The highest BCUT2D eigenvalue weighted by molar-refractivity contribution is 5.58. The maximum Gasteiger partial charge on any atom is 0.347 e. The zero-order valence-corrected chi connectivity index (χ0v) is 12.3. The molecule has 5 aliphatic carbocycles. The van der Waals surface area contributed by atoms with Crippen LogP contribution in [0.2, 0.25) is 0 Å². The van der Waals surface area contributed by atoms with Crippen LogP contribution in [0.3, 0.4) is 0 Å². The number of ether oxygens (including phenoxy) is 1. The molecule has 0 radical (unpaired) electrons. The molecule has 0 saturated heterocycles. The maximum atomic E-state index is 12.6. The zero-order valence-electron chi connectivity index (χ0n) is 12.3. The second kappa shape index (κ2) is 2.47. The maximum absolute atomic E-state index is 12.6. The number of hydrogen-bond donors (Lipinski definition) is 0. The van der Waals surface area contributed by atoms with Gasteiger partial charge in [0.25, 0.3) is 0 Å². The molecule has 7 aliphatic rings. The third-order valence-electron chi connectivity index (χ3n) is 7.85. The summed E-state index contributed by atoms with van der Waals surface area (Å²) in [6, 6.07) is 0.318. The summed E-state index contributed by atoms with van der Waals surface area (Å²) in [5.74, 6) is 3.41. The van der Waals surface area contributed by atoms with E-state index in [4.69, 9.17) is 4.74 Å². The molecule has 3 heterocycles. The topological polar surface area (TPSA) is 58.2 Å². The van der Waals surface area contributed by atoms with E-state index in [-0.39, 0.29) is 34.3 Å². The smallest absolute Gasteiger partial charge is 0.347 e. The Morgan fingerprint density at radius 2 is 1.68 bits per heavy atom. The summed E-state index contributed by atoms with van der Waals surface area (Å²) >= 11 is 0. The van der Waals surface area contributed by atoms with Gasteiger partial charge in [-0.15, -0.1) is 0 Å². The fourth-order valence-corrected chi connectivity index (χ4v) is 7.51. The number of allylic oxidation sites excluding steroid dienone is 3. The Morgan fingerprint density at radius 3 is 2.32 bits per heavy atom. The average molecular weight is 297 g/mol. The van der Waals surface area contributed by atoms with Crippen LogP contribution in [-0.4, -0.2) is 21.0 Å². The molecule has 8 rings (SSSR count). The first-order valence-corrected chi connectivity index (χ1v) is 7.97. The lowest BCUT2D eigenvalue weighted by molar-refractivity contribution is 0.0417. The van der Waals surface area contributed by atoms with Crippen LogP contribution in [0.5, 0.6) is 0 Å². The van der Waals surface area contributed by atoms with E-state index < -0.39 is 0 Å². The molecular formula is C16H15N3O3. The summed E-state index contributed by atoms with van der Waals surface area (Å²) in [6.07, 6.45) is 6.63. The first-order chi connectivity index (χ1) is 10.6. The van der Waals surface area contributed by atoms with Crippen LogP contribution >= 0.6 is 0 Å². The van der Waals surface area contributed by atoms with Crippen molar-refractivity contribution in [3.05, 3.63) is 45.0 Å². The first kappa shape index (κ1) is 10.7. The Morgan fingerprint density at radius 1 is 1.05 bits per heavy atom. The van der Waals surface area contributed by atoms with Crippen molar-refractivity contribution in [2.45, 2.75) is 12.1 Å². The van der Waals surface area contributed by atoms with Gasteiger partial charge < -0.3 is 4.74 Å². The van der Waals surface area contributed by atoms with E-state index >= 15 is 0 Å². The quantitative estimate of drug-likeness (QED) is 0.735. The van der Waals surface area contributed by atoms with Gasteiger partial charge in [-0.3, -0.25) is 0 Å². The van der Waals surface area contributed by atoms with Crippen molar-refractivity contribution in [2.24, 2.45) is 41.5 Å². The summed E-state index contributed by atoms with van der Waals surface area (Å²) in [5.41, 5.74) is -0.197. The number of aromatic nitrogens is 3. The number of hydrogen-bond acceptors (Lipinski definition) is 3. The fourth-order valence-electron chi connectivity index (χ4n) is 7.51. The summed E-state index contributed by atoms with van der Waals surface area (Å²) < 4.78 is 10.3. The van der Waals surface area contributed by atoms with Crippen molar-refractivity contribution < 1.29 is 4.74 Å². The molecule has 0 aromatic carbocycles. The van der Waals surface area contributed by atoms with Gasteiger partial charge in [0.1, 0.15) is 5.76 Å². The second-order valence-electron chi connectivity index (χ2n) is 7.86. The molecule has 4 fully saturated rings. The van der Waals surface area contributed by atoms with Crippen LogP contribution < -0.4 is 11.4 Å². The van der Waals surface area contributed by atoms with E-state index in [0.717, 1.165) is 5.76 Å². The molecular weight excluding hydrogens is 282 g/mol. The zero-order chi connectivity index (χ0) is 14.8. The summed E-state index contributed by atoms with van der Waals surface area (Å²) in [5, 5.41) is 0. The standard InChI is InChI=1S/C16H15N3O3/c1-17-13(20)18-11-8-7-9(8)12(19(18)14(17)21)16-5-6(22-2)3-4-15(11,16)10(7)16/h3-5,7-12H,1-2H3/t7-,8-,9-,10+,11+,12-,15+,16-/m0/s1. The van der Waals surface area contributed by atoms with Crippen molar-refractivity contribution >= 4 is 0 Å². The minimum Gasteiger partial charge on any atom is -0.497 e. The van der Waals surface area contributed by atoms with E-state index in [2.05, 4.69) is 18.2 Å². The van der Waals surface area contributed by atoms with Gasteiger partial charge in [-0.05, 0) is 35.8 Å². The molecule has 112 valence electrons. The van der Waals surface area contributed by atoms with Crippen molar-refractivity contribution in [3.63, 3.8) is 0 Å². The third kappa shape index (κ3) is 0.616. The fraction of sp³-hybridized carbons (Fsp3) is 0.625. The Kier molecular flexibility index (Phi) is 1.20. The Hall–Kier alpha value is -1.98. The molecule has 0 unspecified atom stereocenters. The molecule has 1 aromatic heterocycles. The van der Waals surface area contributed by atoms with E-state index in [1.807, 2.05) is 0 Å². The SMILES string of the molecule is COC1=C[C@]23[C@@H]4[C@@H]5[C@H]6[C@H]5[C@@H](n5c(=O)n(C)c(=O)n5[C@@H]62)[C@@]43C=C1. The number of rotatable bonds is 1. The molecule has 4 saturated carbocycles. The second-order valence-corrected chi connectivity index (χ2v) is 7.86. The van der Waals surface area contributed by atoms with E-state index in [1.54, 1.807) is 23.5 Å². The van der Waals surface area contributed by atoms with Gasteiger partial charge in [-0.25, -0.2) is 23.5 Å². The molecule has 6 heteroatoms. The third-order valence-corrected chi connectivity index (χ3v) is 7.85. The molecule has 0 amide bonds. The van der Waals surface area contributed by atoms with Gasteiger partial charge in [0, 0.05) is 17.9 Å². The van der Waals surface area contributed by atoms with Gasteiger partial charge >= 0.3 is 11.4 Å². The molecule has 6 nitrogen and oxygen atoms in total. The van der Waals surface area contributed by atoms with Gasteiger partial charge in [-0.2, -0.15) is 0 Å². The van der Waals surface area contributed by atoms with Gasteiger partial charge in [0.05, 0.1) is 19.2 Å². The van der Waals surface area contributed by atoms with Gasteiger partial charge in [-0.1, -0.05) is 6.08 Å². The van der Waals surface area contributed by atoms with E-state index in [9.17, 15) is 9.59 Å². The van der Waals surface area contributed by atoms with Crippen molar-refractivity contribution in [1.82, 2.24) is 13.9 Å². The van der Waals surface area contributed by atoms with E-state index in [1.165, 1.54) is 4.57 Å². The average Bonchev–Trinajstić information content (AvgIpc) is 3.31. The molecule has 1 aromatic rings. The van der Waals surface area contributed by atoms with E-state index in [0.29, 0.717) is 23.7 Å². The summed E-state index contributed by atoms with van der Waals surface area (Å²) in [7, 11) is 3.29. The highest BCUT2D eigenvalue weighted by Gasteiger charge is 3.02. The predicted molar refractivity (Wildman–Crippen MR) is 75.1 cm³/mol. The largest absolute Gasteiger partial charge is 0.497 e. The number of nitrogens with zero attached hydrogens (tertiary/aromatic N) is 3. The van der Waals surface area contributed by atoms with Crippen LogP contribution in [0.15, 0.2) is 33.6 Å². The summed E-state index contributed by atoms with van der Waals surface area (Å²) in [6.45, 7) is 0. The molecule has 22 heavy (non-hydrogen) atoms. The number of methoxy groups -OCH3 is 1. The molecule has 0 N–H and O–H groups in total. The Bertz CT molecular complexity index is 993. The molecule has 2 aliphatic heterocycles. The van der Waals surface area contributed by atoms with Crippen LogP contribution in [-0.2, 0) is 11.8 Å². The van der Waals surface area contributed by atoms with Crippen molar-refractivity contribution in [2.75, 3.05) is 7.11 Å². The Labute approximate surface area is 125 Å². The minimum absolute atomic E-state index is 0.0272. The van der Waals surface area contributed by atoms with Gasteiger partial charge in [0.2, 0.25) is 0 Å². The van der Waals surface area contributed by atoms with Crippen LogP contribution in [0.1, 0.15) is 12.1 Å². The van der Waals surface area contributed by atoms with Crippen LogP contribution in [0, 0.1) is 34.5 Å². The highest BCUT2D eigenvalue weighted by Crippen LogP contribution is 3.03. The Balaban J connectivity index is 1.64.